The zero-order valence-electron chi connectivity index (χ0n) is 13.5. The van der Waals surface area contributed by atoms with Gasteiger partial charge in [0.15, 0.2) is 0 Å². The SMILES string of the molecule is CN(CC1CC1)C(=O)CN1CCNCC1c1cccc(F)c1.Cl. The van der Waals surface area contributed by atoms with Gasteiger partial charge in [0.25, 0.3) is 0 Å². The van der Waals surface area contributed by atoms with Crippen molar-refractivity contribution in [3.05, 3.63) is 35.6 Å². The molecule has 1 aromatic carbocycles. The first-order valence-corrected chi connectivity index (χ1v) is 8.07. The van der Waals surface area contributed by atoms with Crippen molar-refractivity contribution in [2.75, 3.05) is 39.8 Å². The molecular weight excluding hydrogens is 317 g/mol. The Kier molecular flexibility index (Phi) is 6.39. The van der Waals surface area contributed by atoms with Crippen LogP contribution in [-0.4, -0.2) is 55.5 Å². The van der Waals surface area contributed by atoms with E-state index in [1.54, 1.807) is 12.1 Å². The number of rotatable bonds is 5. The molecule has 2 aliphatic rings. The maximum atomic E-state index is 13.5. The molecule has 0 radical (unpaired) electrons. The van der Waals surface area contributed by atoms with Crippen molar-refractivity contribution in [3.63, 3.8) is 0 Å². The van der Waals surface area contributed by atoms with Crippen LogP contribution in [0.3, 0.4) is 0 Å². The molecule has 0 bridgehead atoms. The number of piperazine rings is 1. The lowest BCUT2D eigenvalue weighted by Gasteiger charge is -2.36. The molecule has 1 amide bonds. The van der Waals surface area contributed by atoms with E-state index in [0.29, 0.717) is 12.5 Å². The van der Waals surface area contributed by atoms with Crippen molar-refractivity contribution in [3.8, 4) is 0 Å². The number of nitrogens with zero attached hydrogens (tertiary/aromatic N) is 2. The number of halogens is 2. The minimum atomic E-state index is -0.222. The largest absolute Gasteiger partial charge is 0.344 e. The molecular formula is C17H25ClFN3O. The lowest BCUT2D eigenvalue weighted by atomic mass is 10.0. The zero-order valence-corrected chi connectivity index (χ0v) is 14.3. The van der Waals surface area contributed by atoms with Crippen LogP contribution in [0, 0.1) is 11.7 Å². The third kappa shape index (κ3) is 4.90. The van der Waals surface area contributed by atoms with Crippen LogP contribution < -0.4 is 5.32 Å². The number of hydrogen-bond acceptors (Lipinski definition) is 3. The number of carbonyl (C=O) groups excluding carboxylic acids is 1. The van der Waals surface area contributed by atoms with Gasteiger partial charge in [-0.3, -0.25) is 9.69 Å². The molecule has 1 saturated carbocycles. The quantitative estimate of drug-likeness (QED) is 0.890. The summed E-state index contributed by atoms with van der Waals surface area (Å²) in [4.78, 5) is 16.4. The summed E-state index contributed by atoms with van der Waals surface area (Å²) in [6.07, 6.45) is 2.49. The predicted molar refractivity (Wildman–Crippen MR) is 91.2 cm³/mol. The van der Waals surface area contributed by atoms with Crippen molar-refractivity contribution in [1.29, 1.82) is 0 Å². The minimum absolute atomic E-state index is 0. The molecule has 0 aromatic heterocycles. The van der Waals surface area contributed by atoms with Gasteiger partial charge < -0.3 is 10.2 Å². The summed E-state index contributed by atoms with van der Waals surface area (Å²) in [6.45, 7) is 3.71. The monoisotopic (exact) mass is 341 g/mol. The van der Waals surface area contributed by atoms with E-state index in [0.717, 1.165) is 31.7 Å². The Hall–Kier alpha value is -1.17. The highest BCUT2D eigenvalue weighted by atomic mass is 35.5. The molecule has 2 fully saturated rings. The van der Waals surface area contributed by atoms with Crippen LogP contribution in [0.25, 0.3) is 0 Å². The molecule has 4 nitrogen and oxygen atoms in total. The normalized spacial score (nSPS) is 21.6. The van der Waals surface area contributed by atoms with Crippen molar-refractivity contribution in [2.45, 2.75) is 18.9 Å². The Labute approximate surface area is 143 Å². The number of likely N-dealkylation sites (N-methyl/N-ethyl adjacent to an activating group) is 1. The van der Waals surface area contributed by atoms with Crippen molar-refractivity contribution in [1.82, 2.24) is 15.1 Å². The predicted octanol–water partition coefficient (Wildman–Crippen LogP) is 2.06. The van der Waals surface area contributed by atoms with Crippen LogP contribution >= 0.6 is 12.4 Å². The average Bonchev–Trinajstić information content (AvgIpc) is 3.31. The van der Waals surface area contributed by atoms with Crippen LogP contribution in [0.15, 0.2) is 24.3 Å². The summed E-state index contributed by atoms with van der Waals surface area (Å²) < 4.78 is 13.5. The Balaban J connectivity index is 0.00000192. The number of benzene rings is 1. The number of nitrogens with one attached hydrogen (secondary N) is 1. The fourth-order valence-corrected chi connectivity index (χ4v) is 3.06. The molecule has 23 heavy (non-hydrogen) atoms. The standard InChI is InChI=1S/C17H24FN3O.ClH/c1-20(11-13-5-6-13)17(22)12-21-8-7-19-10-16(21)14-3-2-4-15(18)9-14;/h2-4,9,13,16,19H,5-8,10-12H2,1H3;1H. The van der Waals surface area contributed by atoms with Crippen LogP contribution in [0.2, 0.25) is 0 Å². The number of hydrogen-bond donors (Lipinski definition) is 1. The molecule has 128 valence electrons. The molecule has 1 heterocycles. The summed E-state index contributed by atoms with van der Waals surface area (Å²) >= 11 is 0. The molecule has 1 atom stereocenters. The van der Waals surface area contributed by atoms with E-state index in [2.05, 4.69) is 10.2 Å². The molecule has 6 heteroatoms. The second kappa shape index (κ2) is 8.08. The van der Waals surface area contributed by atoms with E-state index < -0.39 is 0 Å². The van der Waals surface area contributed by atoms with Crippen LogP contribution in [0.4, 0.5) is 4.39 Å². The number of amides is 1. The van der Waals surface area contributed by atoms with Gasteiger partial charge in [0.05, 0.1) is 6.54 Å². The Morgan fingerprint density at radius 2 is 2.22 bits per heavy atom. The third-order valence-corrected chi connectivity index (χ3v) is 4.58. The number of carbonyl (C=O) groups is 1. The fourth-order valence-electron chi connectivity index (χ4n) is 3.06. The van der Waals surface area contributed by atoms with Gasteiger partial charge in [-0.2, -0.15) is 0 Å². The second-order valence-corrected chi connectivity index (χ2v) is 6.46. The van der Waals surface area contributed by atoms with E-state index >= 15 is 0 Å². The first-order chi connectivity index (χ1) is 10.6. The Bertz CT molecular complexity index is 538. The summed E-state index contributed by atoms with van der Waals surface area (Å²) in [5, 5.41) is 3.34. The minimum Gasteiger partial charge on any atom is -0.344 e. The van der Waals surface area contributed by atoms with Gasteiger partial charge in [0, 0.05) is 39.3 Å². The van der Waals surface area contributed by atoms with Crippen molar-refractivity contribution < 1.29 is 9.18 Å². The molecule has 1 aromatic rings. The first kappa shape index (κ1) is 18.2. The van der Waals surface area contributed by atoms with E-state index in [-0.39, 0.29) is 30.2 Å². The summed E-state index contributed by atoms with van der Waals surface area (Å²) in [5.74, 6) is 0.645. The van der Waals surface area contributed by atoms with Gasteiger partial charge in [-0.25, -0.2) is 4.39 Å². The maximum absolute atomic E-state index is 13.5. The van der Waals surface area contributed by atoms with Crippen LogP contribution in [0.1, 0.15) is 24.4 Å². The highest BCUT2D eigenvalue weighted by Crippen LogP contribution is 2.29. The van der Waals surface area contributed by atoms with Crippen LogP contribution in [0.5, 0.6) is 0 Å². The fraction of sp³-hybridized carbons (Fsp3) is 0.588. The summed E-state index contributed by atoms with van der Waals surface area (Å²) in [7, 11) is 1.89. The smallest absolute Gasteiger partial charge is 0.236 e. The van der Waals surface area contributed by atoms with Crippen molar-refractivity contribution >= 4 is 18.3 Å². The first-order valence-electron chi connectivity index (χ1n) is 8.07. The molecule has 1 aliphatic carbocycles. The van der Waals surface area contributed by atoms with Gasteiger partial charge in [-0.1, -0.05) is 12.1 Å². The van der Waals surface area contributed by atoms with E-state index in [4.69, 9.17) is 0 Å². The van der Waals surface area contributed by atoms with Gasteiger partial charge in [0.2, 0.25) is 5.91 Å². The van der Waals surface area contributed by atoms with E-state index in [9.17, 15) is 9.18 Å². The molecule has 1 aliphatic heterocycles. The lowest BCUT2D eigenvalue weighted by Crippen LogP contribution is -2.49. The molecule has 0 spiro atoms. The average molecular weight is 342 g/mol. The van der Waals surface area contributed by atoms with Gasteiger partial charge in [-0.15, -0.1) is 12.4 Å². The van der Waals surface area contributed by atoms with Gasteiger partial charge in [0.1, 0.15) is 5.82 Å². The molecule has 1 N–H and O–H groups in total. The van der Waals surface area contributed by atoms with Gasteiger partial charge >= 0.3 is 0 Å². The lowest BCUT2D eigenvalue weighted by molar-refractivity contribution is -0.132. The zero-order chi connectivity index (χ0) is 15.5. The summed E-state index contributed by atoms with van der Waals surface area (Å²) in [5.41, 5.74) is 0.935. The van der Waals surface area contributed by atoms with Crippen molar-refractivity contribution in [2.24, 2.45) is 5.92 Å². The van der Waals surface area contributed by atoms with Gasteiger partial charge in [-0.05, 0) is 36.5 Å². The molecule has 1 unspecified atom stereocenters. The van der Waals surface area contributed by atoms with Crippen LogP contribution in [-0.2, 0) is 4.79 Å². The third-order valence-electron chi connectivity index (χ3n) is 4.58. The second-order valence-electron chi connectivity index (χ2n) is 6.46. The maximum Gasteiger partial charge on any atom is 0.236 e. The topological polar surface area (TPSA) is 35.6 Å². The molecule has 3 rings (SSSR count). The Morgan fingerprint density at radius 3 is 2.91 bits per heavy atom. The van der Waals surface area contributed by atoms with E-state index in [1.807, 2.05) is 18.0 Å². The molecule has 1 saturated heterocycles. The highest BCUT2D eigenvalue weighted by molar-refractivity contribution is 5.85. The Morgan fingerprint density at radius 1 is 1.43 bits per heavy atom. The summed E-state index contributed by atoms with van der Waals surface area (Å²) in [6, 6.07) is 6.76. The highest BCUT2D eigenvalue weighted by Gasteiger charge is 2.29. The van der Waals surface area contributed by atoms with E-state index in [1.165, 1.54) is 18.9 Å².